The van der Waals surface area contributed by atoms with Gasteiger partial charge in [0.1, 0.15) is 24.3 Å². The van der Waals surface area contributed by atoms with Crippen LogP contribution in [0.25, 0.3) is 0 Å². The van der Waals surface area contributed by atoms with Crippen molar-refractivity contribution < 1.29 is 33.2 Å². The minimum atomic E-state index is -1.09. The largest absolute Gasteiger partial charge is 0.377 e. The normalized spacial score (nSPS) is 18.0. The van der Waals surface area contributed by atoms with Crippen LogP contribution in [0.15, 0.2) is 51.8 Å². The van der Waals surface area contributed by atoms with E-state index in [9.17, 15) is 19.2 Å². The molecule has 1 aliphatic rings. The Balaban J connectivity index is 1.54. The number of aromatic nitrogens is 2. The highest BCUT2D eigenvalue weighted by Crippen LogP contribution is 2.29. The predicted octanol–water partition coefficient (Wildman–Crippen LogP) is 2.24. The molecule has 0 saturated carbocycles. The van der Waals surface area contributed by atoms with Gasteiger partial charge in [-0.1, -0.05) is 49.3 Å². The zero-order chi connectivity index (χ0) is 31.0. The standard InChI is InChI=1S/C30H37N5O7S/c1-18(2)10-22(26(36)30(3)16-41-30)32-27(37)23(11-19-8-6-5-7-9-19)33-28(38)24(12-20-15-43-17-31-20)34-29(39)25-13-21(14-40-4)42-35-25/h5-9,13,15,17-18,22-24H,10-12,14,16H2,1-4H3,(H,32,37)(H,33,38)(H,34,39)/t22?,23-,24?,30?/m0/s1. The summed E-state index contributed by atoms with van der Waals surface area (Å²) in [4.78, 5) is 57.9. The second kappa shape index (κ2) is 14.5. The minimum Gasteiger partial charge on any atom is -0.377 e. The molecule has 1 saturated heterocycles. The van der Waals surface area contributed by atoms with Crippen LogP contribution in [0.2, 0.25) is 0 Å². The van der Waals surface area contributed by atoms with Crippen molar-refractivity contribution in [3.63, 3.8) is 0 Å². The highest BCUT2D eigenvalue weighted by atomic mass is 32.1. The fraction of sp³-hybridized carbons (Fsp3) is 0.467. The van der Waals surface area contributed by atoms with E-state index in [4.69, 9.17) is 14.0 Å². The molecule has 0 aliphatic carbocycles. The number of carbonyl (C=O) groups is 4. The molecule has 3 aromatic rings. The van der Waals surface area contributed by atoms with Gasteiger partial charge in [-0.3, -0.25) is 19.2 Å². The van der Waals surface area contributed by atoms with Crippen LogP contribution in [0.3, 0.4) is 0 Å². The number of carbonyl (C=O) groups excluding carboxylic acids is 4. The van der Waals surface area contributed by atoms with Gasteiger partial charge in [-0.2, -0.15) is 0 Å². The Labute approximate surface area is 253 Å². The number of hydrogen-bond donors (Lipinski definition) is 3. The van der Waals surface area contributed by atoms with E-state index in [0.717, 1.165) is 5.56 Å². The van der Waals surface area contributed by atoms with E-state index in [0.29, 0.717) is 24.5 Å². The average molecular weight is 612 g/mol. The van der Waals surface area contributed by atoms with Crippen molar-refractivity contribution in [1.29, 1.82) is 0 Å². The molecule has 0 spiro atoms. The van der Waals surface area contributed by atoms with Crippen molar-refractivity contribution in [3.8, 4) is 0 Å². The quantitative estimate of drug-likeness (QED) is 0.206. The van der Waals surface area contributed by atoms with Gasteiger partial charge in [-0.15, -0.1) is 11.3 Å². The molecule has 2 aromatic heterocycles. The van der Waals surface area contributed by atoms with Crippen LogP contribution in [0, 0.1) is 5.92 Å². The van der Waals surface area contributed by atoms with Crippen molar-refractivity contribution >= 4 is 34.8 Å². The van der Waals surface area contributed by atoms with Crippen molar-refractivity contribution in [2.24, 2.45) is 5.92 Å². The SMILES string of the molecule is COCc1cc(C(=O)NC(Cc2cscn2)C(=O)N[C@@H](Cc2ccccc2)C(=O)NC(CC(C)C)C(=O)C2(C)CO2)no1. The molecule has 3 N–H and O–H groups in total. The third-order valence-electron chi connectivity index (χ3n) is 6.95. The number of nitrogens with zero attached hydrogens (tertiary/aromatic N) is 2. The van der Waals surface area contributed by atoms with Gasteiger partial charge < -0.3 is 29.9 Å². The molecular formula is C30H37N5O7S. The monoisotopic (exact) mass is 611 g/mol. The Hall–Kier alpha value is -3.94. The van der Waals surface area contributed by atoms with Crippen LogP contribution in [0.5, 0.6) is 0 Å². The molecule has 3 unspecified atom stereocenters. The summed E-state index contributed by atoms with van der Waals surface area (Å²) in [5.74, 6) is -1.47. The van der Waals surface area contributed by atoms with Crippen molar-refractivity contribution in [2.75, 3.05) is 13.7 Å². The smallest absolute Gasteiger partial charge is 0.274 e. The first-order chi connectivity index (χ1) is 20.6. The summed E-state index contributed by atoms with van der Waals surface area (Å²) in [6.45, 7) is 6.06. The predicted molar refractivity (Wildman–Crippen MR) is 157 cm³/mol. The molecule has 4 rings (SSSR count). The fourth-order valence-corrected chi connectivity index (χ4v) is 5.12. The second-order valence-electron chi connectivity index (χ2n) is 11.1. The number of hydrogen-bond acceptors (Lipinski definition) is 10. The number of methoxy groups -OCH3 is 1. The Kier molecular flexibility index (Phi) is 10.8. The lowest BCUT2D eigenvalue weighted by molar-refractivity contribution is -0.133. The van der Waals surface area contributed by atoms with Crippen molar-refractivity contribution in [1.82, 2.24) is 26.1 Å². The van der Waals surface area contributed by atoms with Crippen LogP contribution in [-0.2, 0) is 43.3 Å². The molecule has 13 heteroatoms. The number of rotatable bonds is 16. The number of amides is 3. The van der Waals surface area contributed by atoms with Crippen molar-refractivity contribution in [3.05, 3.63) is 70.0 Å². The van der Waals surface area contributed by atoms with E-state index in [1.165, 1.54) is 24.5 Å². The minimum absolute atomic E-state index is 0.0208. The lowest BCUT2D eigenvalue weighted by atomic mass is 9.93. The summed E-state index contributed by atoms with van der Waals surface area (Å²) in [7, 11) is 1.49. The first kappa shape index (κ1) is 32.0. The maximum Gasteiger partial charge on any atom is 0.274 e. The topological polar surface area (TPSA) is 165 Å². The summed E-state index contributed by atoms with van der Waals surface area (Å²) in [5.41, 5.74) is 2.09. The summed E-state index contributed by atoms with van der Waals surface area (Å²) < 4.78 is 15.5. The molecule has 1 fully saturated rings. The number of epoxide rings is 1. The maximum absolute atomic E-state index is 13.7. The van der Waals surface area contributed by atoms with Gasteiger partial charge in [0, 0.05) is 31.4 Å². The third kappa shape index (κ3) is 9.02. The summed E-state index contributed by atoms with van der Waals surface area (Å²) >= 11 is 1.36. The molecule has 0 radical (unpaired) electrons. The highest BCUT2D eigenvalue weighted by Gasteiger charge is 2.50. The molecule has 43 heavy (non-hydrogen) atoms. The maximum atomic E-state index is 13.7. The van der Waals surface area contributed by atoms with Gasteiger partial charge in [-0.25, -0.2) is 4.98 Å². The number of Topliss-reactive ketones (excluding diaryl/α,β-unsaturated/α-hetero) is 1. The first-order valence-electron chi connectivity index (χ1n) is 14.0. The van der Waals surface area contributed by atoms with E-state index in [-0.39, 0.29) is 36.8 Å². The summed E-state index contributed by atoms with van der Waals surface area (Å²) in [6, 6.07) is 7.74. The number of ketones is 1. The zero-order valence-electron chi connectivity index (χ0n) is 24.6. The molecule has 12 nitrogen and oxygen atoms in total. The second-order valence-corrected chi connectivity index (χ2v) is 11.9. The summed E-state index contributed by atoms with van der Waals surface area (Å²) in [5, 5.41) is 13.9. The van der Waals surface area contributed by atoms with Gasteiger partial charge in [0.15, 0.2) is 17.2 Å². The third-order valence-corrected chi connectivity index (χ3v) is 7.59. The van der Waals surface area contributed by atoms with Gasteiger partial charge in [0.2, 0.25) is 11.8 Å². The molecule has 3 amide bonds. The lowest BCUT2D eigenvalue weighted by Crippen LogP contribution is -2.57. The van der Waals surface area contributed by atoms with E-state index in [1.807, 2.05) is 44.2 Å². The molecule has 230 valence electrons. The first-order valence-corrected chi connectivity index (χ1v) is 15.0. The van der Waals surface area contributed by atoms with Gasteiger partial charge in [0.05, 0.1) is 23.9 Å². The van der Waals surface area contributed by atoms with Gasteiger partial charge in [0.25, 0.3) is 5.91 Å². The zero-order valence-corrected chi connectivity index (χ0v) is 25.4. The summed E-state index contributed by atoms with van der Waals surface area (Å²) in [6.07, 6.45) is 0.657. The Morgan fingerprint density at radius 2 is 1.70 bits per heavy atom. The molecule has 0 bridgehead atoms. The van der Waals surface area contributed by atoms with E-state index in [1.54, 1.807) is 17.8 Å². The van der Waals surface area contributed by atoms with E-state index in [2.05, 4.69) is 26.1 Å². The molecule has 4 atom stereocenters. The van der Waals surface area contributed by atoms with Crippen molar-refractivity contribution in [2.45, 2.75) is 70.4 Å². The molecule has 1 aromatic carbocycles. The number of thiazole rings is 1. The molecule has 3 heterocycles. The van der Waals surface area contributed by atoms with Crippen LogP contribution < -0.4 is 16.0 Å². The Morgan fingerprint density at radius 3 is 2.30 bits per heavy atom. The molecular weight excluding hydrogens is 574 g/mol. The highest BCUT2D eigenvalue weighted by molar-refractivity contribution is 7.07. The van der Waals surface area contributed by atoms with Crippen LogP contribution in [0.4, 0.5) is 0 Å². The lowest BCUT2D eigenvalue weighted by Gasteiger charge is -2.26. The van der Waals surface area contributed by atoms with Gasteiger partial charge in [-0.05, 0) is 24.8 Å². The number of ether oxygens (including phenoxy) is 2. The van der Waals surface area contributed by atoms with Gasteiger partial charge >= 0.3 is 0 Å². The van der Waals surface area contributed by atoms with E-state index >= 15 is 0 Å². The molecule has 1 aliphatic heterocycles. The Bertz CT molecular complexity index is 1390. The average Bonchev–Trinajstić information content (AvgIpc) is 3.32. The number of nitrogens with one attached hydrogen (secondary N) is 3. The van der Waals surface area contributed by atoms with Crippen LogP contribution >= 0.6 is 11.3 Å². The van der Waals surface area contributed by atoms with Crippen LogP contribution in [0.1, 0.15) is 54.7 Å². The van der Waals surface area contributed by atoms with Crippen LogP contribution in [-0.4, -0.2) is 71.1 Å². The number of benzene rings is 1. The van der Waals surface area contributed by atoms with E-state index < -0.39 is 41.4 Å². The Morgan fingerprint density at radius 1 is 1.02 bits per heavy atom. The fourth-order valence-electron chi connectivity index (χ4n) is 4.54.